The van der Waals surface area contributed by atoms with Gasteiger partial charge in [-0.15, -0.1) is 0 Å². The zero-order valence-corrected chi connectivity index (χ0v) is 12.0. The summed E-state index contributed by atoms with van der Waals surface area (Å²) in [6.07, 6.45) is 11.4. The lowest BCUT2D eigenvalue weighted by Crippen LogP contribution is -2.55. The molecule has 104 valence electrons. The molecule has 0 aromatic heterocycles. The minimum absolute atomic E-state index is 0.286. The maximum absolute atomic E-state index is 6.14. The third kappa shape index (κ3) is 2.91. The molecule has 0 aromatic rings. The first-order chi connectivity index (χ1) is 8.72. The average Bonchev–Trinajstić information content (AvgIpc) is 3.28. The Morgan fingerprint density at radius 2 is 1.94 bits per heavy atom. The van der Waals surface area contributed by atoms with E-state index < -0.39 is 0 Å². The highest BCUT2D eigenvalue weighted by Gasteiger charge is 2.41. The van der Waals surface area contributed by atoms with Gasteiger partial charge in [-0.25, -0.2) is 0 Å². The van der Waals surface area contributed by atoms with E-state index in [9.17, 15) is 0 Å². The molecule has 3 atom stereocenters. The molecule has 3 fully saturated rings. The van der Waals surface area contributed by atoms with Crippen molar-refractivity contribution in [3.05, 3.63) is 0 Å². The Bertz CT molecular complexity index is 283. The Morgan fingerprint density at radius 3 is 2.56 bits per heavy atom. The number of rotatable bonds is 6. The van der Waals surface area contributed by atoms with Gasteiger partial charge in [0.1, 0.15) is 0 Å². The molecule has 3 aliphatic rings. The molecule has 18 heavy (non-hydrogen) atoms. The summed E-state index contributed by atoms with van der Waals surface area (Å²) in [5.41, 5.74) is 6.42. The van der Waals surface area contributed by atoms with E-state index in [4.69, 9.17) is 5.73 Å². The van der Waals surface area contributed by atoms with Gasteiger partial charge in [-0.2, -0.15) is 0 Å². The molecule has 0 saturated heterocycles. The summed E-state index contributed by atoms with van der Waals surface area (Å²) in [6.45, 7) is 4.45. The Balaban J connectivity index is 1.54. The Labute approximate surface area is 112 Å². The number of nitrogens with two attached hydrogens (primary N) is 1. The number of nitrogens with one attached hydrogen (secondary N) is 1. The van der Waals surface area contributed by atoms with Gasteiger partial charge in [0, 0.05) is 12.1 Å². The fourth-order valence-corrected chi connectivity index (χ4v) is 4.01. The predicted molar refractivity (Wildman–Crippen MR) is 76.4 cm³/mol. The summed E-state index contributed by atoms with van der Waals surface area (Å²) in [6, 6.07) is 0. The second-order valence-electron chi connectivity index (χ2n) is 7.37. The molecule has 0 spiro atoms. The fraction of sp³-hybridized carbons (Fsp3) is 1.00. The average molecular weight is 250 g/mol. The van der Waals surface area contributed by atoms with Gasteiger partial charge in [0.2, 0.25) is 0 Å². The summed E-state index contributed by atoms with van der Waals surface area (Å²) in [5.74, 6) is 3.90. The second kappa shape index (κ2) is 5.13. The zero-order chi connectivity index (χ0) is 12.6. The van der Waals surface area contributed by atoms with E-state index in [2.05, 4.69) is 12.2 Å². The van der Waals surface area contributed by atoms with Crippen LogP contribution < -0.4 is 11.1 Å². The normalized spacial score (nSPS) is 38.7. The first kappa shape index (κ1) is 12.9. The van der Waals surface area contributed by atoms with Crippen LogP contribution in [-0.2, 0) is 0 Å². The van der Waals surface area contributed by atoms with Crippen molar-refractivity contribution in [2.75, 3.05) is 13.1 Å². The Hall–Kier alpha value is -0.0800. The maximum atomic E-state index is 6.14. The molecule has 0 heterocycles. The zero-order valence-electron chi connectivity index (χ0n) is 12.0. The topological polar surface area (TPSA) is 38.0 Å². The lowest BCUT2D eigenvalue weighted by Gasteiger charge is -2.42. The molecule has 0 aliphatic heterocycles. The van der Waals surface area contributed by atoms with E-state index in [1.807, 2.05) is 0 Å². The van der Waals surface area contributed by atoms with Crippen molar-refractivity contribution in [3.63, 3.8) is 0 Å². The molecule has 2 heteroatoms. The van der Waals surface area contributed by atoms with Crippen LogP contribution in [0.25, 0.3) is 0 Å². The minimum Gasteiger partial charge on any atom is -0.329 e. The monoisotopic (exact) mass is 250 g/mol. The fourth-order valence-electron chi connectivity index (χ4n) is 4.01. The van der Waals surface area contributed by atoms with Crippen molar-refractivity contribution >= 4 is 0 Å². The molecule has 3 saturated carbocycles. The minimum atomic E-state index is 0.286. The maximum Gasteiger partial charge on any atom is 0.0306 e. The van der Waals surface area contributed by atoms with Gasteiger partial charge in [0.05, 0.1) is 0 Å². The van der Waals surface area contributed by atoms with Crippen LogP contribution in [-0.4, -0.2) is 18.6 Å². The van der Waals surface area contributed by atoms with Crippen LogP contribution in [0.3, 0.4) is 0 Å². The van der Waals surface area contributed by atoms with Crippen molar-refractivity contribution in [3.8, 4) is 0 Å². The lowest BCUT2D eigenvalue weighted by molar-refractivity contribution is 0.162. The summed E-state index contributed by atoms with van der Waals surface area (Å²) >= 11 is 0. The van der Waals surface area contributed by atoms with Crippen molar-refractivity contribution in [1.29, 1.82) is 0 Å². The predicted octanol–water partition coefficient (Wildman–Crippen LogP) is 2.92. The quantitative estimate of drug-likeness (QED) is 0.760. The van der Waals surface area contributed by atoms with Crippen LogP contribution in [0, 0.1) is 23.7 Å². The molecule has 0 bridgehead atoms. The molecule has 0 aromatic carbocycles. The lowest BCUT2D eigenvalue weighted by atomic mass is 9.73. The van der Waals surface area contributed by atoms with E-state index in [0.717, 1.165) is 30.2 Å². The van der Waals surface area contributed by atoms with Gasteiger partial charge in [-0.05, 0) is 68.7 Å². The van der Waals surface area contributed by atoms with Crippen LogP contribution in [0.15, 0.2) is 0 Å². The van der Waals surface area contributed by atoms with Gasteiger partial charge >= 0.3 is 0 Å². The number of hydrogen-bond acceptors (Lipinski definition) is 2. The number of hydrogen-bond donors (Lipinski definition) is 2. The van der Waals surface area contributed by atoms with E-state index in [0.29, 0.717) is 0 Å². The van der Waals surface area contributed by atoms with Crippen molar-refractivity contribution in [2.24, 2.45) is 29.4 Å². The van der Waals surface area contributed by atoms with E-state index in [-0.39, 0.29) is 5.54 Å². The Morgan fingerprint density at radius 1 is 1.17 bits per heavy atom. The molecule has 3 aliphatic carbocycles. The first-order valence-electron chi connectivity index (χ1n) is 8.17. The highest BCUT2D eigenvalue weighted by atomic mass is 15.0. The Kier molecular flexibility index (Phi) is 3.68. The van der Waals surface area contributed by atoms with Crippen LogP contribution in [0.4, 0.5) is 0 Å². The van der Waals surface area contributed by atoms with Gasteiger partial charge in [-0.3, -0.25) is 0 Å². The largest absolute Gasteiger partial charge is 0.329 e. The van der Waals surface area contributed by atoms with Crippen LogP contribution in [0.2, 0.25) is 0 Å². The van der Waals surface area contributed by atoms with Crippen LogP contribution in [0.1, 0.15) is 58.3 Å². The highest BCUT2D eigenvalue weighted by Crippen LogP contribution is 2.46. The van der Waals surface area contributed by atoms with Crippen LogP contribution in [0.5, 0.6) is 0 Å². The smallest absolute Gasteiger partial charge is 0.0306 e. The summed E-state index contributed by atoms with van der Waals surface area (Å²) < 4.78 is 0. The summed E-state index contributed by atoms with van der Waals surface area (Å²) in [4.78, 5) is 0. The van der Waals surface area contributed by atoms with Crippen molar-refractivity contribution in [1.82, 2.24) is 5.32 Å². The van der Waals surface area contributed by atoms with E-state index >= 15 is 0 Å². The molecule has 3 unspecified atom stereocenters. The van der Waals surface area contributed by atoms with Crippen molar-refractivity contribution < 1.29 is 0 Å². The summed E-state index contributed by atoms with van der Waals surface area (Å²) in [7, 11) is 0. The first-order valence-corrected chi connectivity index (χ1v) is 8.17. The van der Waals surface area contributed by atoms with Crippen molar-refractivity contribution in [2.45, 2.75) is 63.8 Å². The molecule has 2 nitrogen and oxygen atoms in total. The molecule has 0 radical (unpaired) electrons. The van der Waals surface area contributed by atoms with E-state index in [1.165, 1.54) is 57.9 Å². The summed E-state index contributed by atoms with van der Waals surface area (Å²) in [5, 5.41) is 3.89. The van der Waals surface area contributed by atoms with E-state index in [1.54, 1.807) is 0 Å². The third-order valence-electron chi connectivity index (χ3n) is 5.79. The molecule has 3 N–H and O–H groups in total. The third-order valence-corrected chi connectivity index (χ3v) is 5.79. The highest BCUT2D eigenvalue weighted by molar-refractivity contribution is 4.98. The molecular weight excluding hydrogens is 220 g/mol. The molecule has 3 rings (SSSR count). The standard InChI is InChI=1S/C16H30N2/c1-12(13-4-5-13)10-18-16(11-17)8-2-3-15(9-16)14-6-7-14/h12-15,18H,2-11,17H2,1H3. The molecule has 0 amide bonds. The van der Waals surface area contributed by atoms with Gasteiger partial charge in [0.15, 0.2) is 0 Å². The second-order valence-corrected chi connectivity index (χ2v) is 7.37. The van der Waals surface area contributed by atoms with Gasteiger partial charge < -0.3 is 11.1 Å². The SMILES string of the molecule is CC(CNC1(CN)CCCC(C2CC2)C1)C1CC1. The van der Waals surface area contributed by atoms with Gasteiger partial charge in [-0.1, -0.05) is 19.8 Å². The van der Waals surface area contributed by atoms with Gasteiger partial charge in [0.25, 0.3) is 0 Å². The van der Waals surface area contributed by atoms with Crippen LogP contribution >= 0.6 is 0 Å². The molecular formula is C16H30N2.